The van der Waals surface area contributed by atoms with Gasteiger partial charge in [-0.05, 0) is 25.0 Å². The molecule has 0 fully saturated rings. The van der Waals surface area contributed by atoms with Crippen LogP contribution in [0.1, 0.15) is 59.8 Å². The molecule has 150 valence electrons. The van der Waals surface area contributed by atoms with Crippen molar-refractivity contribution in [3.8, 4) is 0 Å². The number of benzene rings is 1. The number of ether oxygens (including phenoxy) is 2. The van der Waals surface area contributed by atoms with Crippen molar-refractivity contribution in [2.24, 2.45) is 0 Å². The Morgan fingerprint density at radius 2 is 1.86 bits per heavy atom. The molecule has 0 aliphatic carbocycles. The summed E-state index contributed by atoms with van der Waals surface area (Å²) in [4.78, 5) is 36.7. The summed E-state index contributed by atoms with van der Waals surface area (Å²) < 4.78 is 9.70. The van der Waals surface area contributed by atoms with E-state index in [-0.39, 0.29) is 37.2 Å². The first-order valence-electron chi connectivity index (χ1n) is 9.18. The van der Waals surface area contributed by atoms with Crippen LogP contribution in [-0.2, 0) is 19.1 Å². The molecule has 2 aromatic rings. The molecule has 1 amide bonds. The molecule has 7 heteroatoms. The third-order valence-corrected chi connectivity index (χ3v) is 5.47. The molecule has 1 heterocycles. The Labute approximate surface area is 168 Å². The van der Waals surface area contributed by atoms with E-state index in [4.69, 9.17) is 4.74 Å². The molecular formula is C21H25NO5S. The minimum Gasteiger partial charge on any atom is -0.469 e. The lowest BCUT2D eigenvalue weighted by atomic mass is 9.99. The monoisotopic (exact) mass is 403 g/mol. The fourth-order valence-electron chi connectivity index (χ4n) is 2.67. The summed E-state index contributed by atoms with van der Waals surface area (Å²) in [7, 11) is 1.31. The molecule has 28 heavy (non-hydrogen) atoms. The van der Waals surface area contributed by atoms with E-state index >= 15 is 0 Å². The van der Waals surface area contributed by atoms with Crippen molar-refractivity contribution in [2.75, 3.05) is 19.0 Å². The van der Waals surface area contributed by atoms with Gasteiger partial charge in [-0.1, -0.05) is 37.3 Å². The van der Waals surface area contributed by atoms with Gasteiger partial charge in [0.1, 0.15) is 5.00 Å². The third kappa shape index (κ3) is 5.92. The summed E-state index contributed by atoms with van der Waals surface area (Å²) in [6.07, 6.45) is 0.722. The molecule has 0 saturated carbocycles. The zero-order chi connectivity index (χ0) is 20.5. The highest BCUT2D eigenvalue weighted by molar-refractivity contribution is 7.16. The number of thiophene rings is 1. The van der Waals surface area contributed by atoms with Crippen LogP contribution >= 0.6 is 11.3 Å². The summed E-state index contributed by atoms with van der Waals surface area (Å²) in [5.74, 6) is -0.996. The lowest BCUT2D eigenvalue weighted by molar-refractivity contribution is -0.140. The standard InChI is InChI=1S/C21H25NO5S/c1-4-27-21(25)16-13-17(14(2)15-9-6-5-7-10-15)28-20(16)22-18(23)11-8-12-19(24)26-3/h5-7,9-10,13-14H,4,8,11-12H2,1-3H3,(H,22,23)/t14-/m1/s1. The zero-order valence-corrected chi connectivity index (χ0v) is 17.1. The Balaban J connectivity index is 2.16. The molecule has 0 unspecified atom stereocenters. The Morgan fingerprint density at radius 3 is 2.50 bits per heavy atom. The molecule has 1 N–H and O–H groups in total. The topological polar surface area (TPSA) is 81.7 Å². The SMILES string of the molecule is CCOC(=O)c1cc([C@H](C)c2ccccc2)sc1NC(=O)CCCC(=O)OC. The van der Waals surface area contributed by atoms with Crippen molar-refractivity contribution in [3.63, 3.8) is 0 Å². The van der Waals surface area contributed by atoms with E-state index in [2.05, 4.69) is 17.0 Å². The van der Waals surface area contributed by atoms with Gasteiger partial charge < -0.3 is 14.8 Å². The average molecular weight is 404 g/mol. The fourth-order valence-corrected chi connectivity index (χ4v) is 3.81. The van der Waals surface area contributed by atoms with Crippen LogP contribution in [0, 0.1) is 0 Å². The van der Waals surface area contributed by atoms with Crippen LogP contribution in [0.4, 0.5) is 5.00 Å². The van der Waals surface area contributed by atoms with Gasteiger partial charge in [0, 0.05) is 23.6 Å². The van der Waals surface area contributed by atoms with Crippen molar-refractivity contribution in [1.82, 2.24) is 0 Å². The average Bonchev–Trinajstić information content (AvgIpc) is 3.11. The molecule has 6 nitrogen and oxygen atoms in total. The number of methoxy groups -OCH3 is 1. The van der Waals surface area contributed by atoms with E-state index in [0.717, 1.165) is 10.4 Å². The number of anilines is 1. The van der Waals surface area contributed by atoms with E-state index in [1.54, 1.807) is 13.0 Å². The lowest BCUT2D eigenvalue weighted by Crippen LogP contribution is -2.14. The van der Waals surface area contributed by atoms with Crippen molar-refractivity contribution < 1.29 is 23.9 Å². The molecule has 1 atom stereocenters. The molecule has 0 radical (unpaired) electrons. The minimum absolute atomic E-state index is 0.0735. The normalized spacial score (nSPS) is 11.5. The molecule has 0 aliphatic rings. The maximum absolute atomic E-state index is 12.3. The molecule has 0 spiro atoms. The van der Waals surface area contributed by atoms with Crippen LogP contribution in [0.25, 0.3) is 0 Å². The highest BCUT2D eigenvalue weighted by Gasteiger charge is 2.22. The van der Waals surface area contributed by atoms with Crippen molar-refractivity contribution in [3.05, 3.63) is 52.4 Å². The van der Waals surface area contributed by atoms with Crippen molar-refractivity contribution in [1.29, 1.82) is 0 Å². The van der Waals surface area contributed by atoms with Crippen LogP contribution in [0.3, 0.4) is 0 Å². The molecule has 2 rings (SSSR count). The number of amides is 1. The van der Waals surface area contributed by atoms with E-state index < -0.39 is 5.97 Å². The number of carbonyl (C=O) groups is 3. The van der Waals surface area contributed by atoms with Gasteiger partial charge in [-0.15, -0.1) is 11.3 Å². The molecule has 1 aromatic heterocycles. The Kier molecular flexibility index (Phi) is 8.19. The summed E-state index contributed by atoms with van der Waals surface area (Å²) in [5, 5.41) is 3.27. The van der Waals surface area contributed by atoms with E-state index in [1.165, 1.54) is 18.4 Å². The highest BCUT2D eigenvalue weighted by atomic mass is 32.1. The summed E-state index contributed by atoms with van der Waals surface area (Å²) >= 11 is 1.36. The summed E-state index contributed by atoms with van der Waals surface area (Å²) in [5.41, 5.74) is 1.47. The Morgan fingerprint density at radius 1 is 1.14 bits per heavy atom. The first kappa shape index (κ1) is 21.6. The summed E-state index contributed by atoms with van der Waals surface area (Å²) in [6, 6.07) is 11.7. The van der Waals surface area contributed by atoms with Gasteiger partial charge in [0.05, 0.1) is 19.3 Å². The van der Waals surface area contributed by atoms with Gasteiger partial charge in [-0.2, -0.15) is 0 Å². The Bertz CT molecular complexity index is 815. The molecule has 1 aromatic carbocycles. The maximum Gasteiger partial charge on any atom is 0.341 e. The zero-order valence-electron chi connectivity index (χ0n) is 16.3. The van der Waals surface area contributed by atoms with Crippen LogP contribution in [0.15, 0.2) is 36.4 Å². The minimum atomic E-state index is -0.463. The molecule has 0 saturated heterocycles. The number of carbonyl (C=O) groups excluding carboxylic acids is 3. The first-order valence-corrected chi connectivity index (χ1v) is 10.00. The van der Waals surface area contributed by atoms with Gasteiger partial charge in [0.15, 0.2) is 0 Å². The second kappa shape index (κ2) is 10.6. The van der Waals surface area contributed by atoms with Crippen molar-refractivity contribution in [2.45, 2.75) is 39.0 Å². The van der Waals surface area contributed by atoms with Gasteiger partial charge in [-0.3, -0.25) is 9.59 Å². The number of nitrogens with one attached hydrogen (secondary N) is 1. The maximum atomic E-state index is 12.3. The van der Waals surface area contributed by atoms with Gasteiger partial charge in [-0.25, -0.2) is 4.79 Å². The van der Waals surface area contributed by atoms with E-state index in [0.29, 0.717) is 17.0 Å². The quantitative estimate of drug-likeness (QED) is 0.629. The van der Waals surface area contributed by atoms with Crippen LogP contribution < -0.4 is 5.32 Å². The number of esters is 2. The Hall–Kier alpha value is -2.67. The third-order valence-electron chi connectivity index (χ3n) is 4.24. The van der Waals surface area contributed by atoms with Gasteiger partial charge in [0.25, 0.3) is 0 Å². The largest absolute Gasteiger partial charge is 0.469 e. The summed E-state index contributed by atoms with van der Waals surface area (Å²) in [6.45, 7) is 4.05. The number of rotatable bonds is 9. The fraction of sp³-hybridized carbons (Fsp3) is 0.381. The highest BCUT2D eigenvalue weighted by Crippen LogP contribution is 2.36. The molecule has 0 bridgehead atoms. The van der Waals surface area contributed by atoms with Gasteiger partial charge >= 0.3 is 11.9 Å². The number of hydrogen-bond acceptors (Lipinski definition) is 6. The molecule has 0 aliphatic heterocycles. The number of hydrogen-bond donors (Lipinski definition) is 1. The van der Waals surface area contributed by atoms with Crippen molar-refractivity contribution >= 4 is 34.2 Å². The lowest BCUT2D eigenvalue weighted by Gasteiger charge is -2.09. The van der Waals surface area contributed by atoms with Crippen LogP contribution in [0.2, 0.25) is 0 Å². The van der Waals surface area contributed by atoms with E-state index in [1.807, 2.05) is 30.3 Å². The first-order chi connectivity index (χ1) is 13.5. The predicted molar refractivity (Wildman–Crippen MR) is 109 cm³/mol. The molecular weight excluding hydrogens is 378 g/mol. The second-order valence-electron chi connectivity index (χ2n) is 6.22. The van der Waals surface area contributed by atoms with Crippen LogP contribution in [0.5, 0.6) is 0 Å². The van der Waals surface area contributed by atoms with Gasteiger partial charge in [0.2, 0.25) is 5.91 Å². The second-order valence-corrected chi connectivity index (χ2v) is 7.31. The van der Waals surface area contributed by atoms with E-state index in [9.17, 15) is 14.4 Å². The van der Waals surface area contributed by atoms with Crippen LogP contribution in [-0.4, -0.2) is 31.6 Å². The predicted octanol–water partition coefficient (Wildman–Crippen LogP) is 4.36. The smallest absolute Gasteiger partial charge is 0.341 e.